The van der Waals surface area contributed by atoms with Crippen LogP contribution in [0, 0.1) is 6.92 Å². The SMILES string of the molecule is CCc1ccc(CCNC(=O)C2(c3ccc(C)cc3)CCCCC2)cc1. The van der Waals surface area contributed by atoms with Crippen molar-refractivity contribution in [2.24, 2.45) is 0 Å². The molecule has 3 rings (SSSR count). The molecule has 0 bridgehead atoms. The molecule has 1 aliphatic carbocycles. The van der Waals surface area contributed by atoms with E-state index >= 15 is 0 Å². The average Bonchev–Trinajstić information content (AvgIpc) is 2.69. The van der Waals surface area contributed by atoms with Crippen LogP contribution in [-0.2, 0) is 23.1 Å². The van der Waals surface area contributed by atoms with E-state index in [1.807, 2.05) is 0 Å². The molecule has 2 aromatic carbocycles. The van der Waals surface area contributed by atoms with Gasteiger partial charge in [-0.25, -0.2) is 0 Å². The fourth-order valence-corrected chi connectivity index (χ4v) is 4.11. The highest BCUT2D eigenvalue weighted by Gasteiger charge is 2.40. The molecule has 26 heavy (non-hydrogen) atoms. The summed E-state index contributed by atoms with van der Waals surface area (Å²) in [6.45, 7) is 4.98. The average molecular weight is 350 g/mol. The Morgan fingerprint density at radius 2 is 1.54 bits per heavy atom. The van der Waals surface area contributed by atoms with Gasteiger partial charge in [-0.2, -0.15) is 0 Å². The third-order valence-electron chi connectivity index (χ3n) is 5.88. The van der Waals surface area contributed by atoms with Crippen molar-refractivity contribution in [1.82, 2.24) is 5.32 Å². The van der Waals surface area contributed by atoms with E-state index in [2.05, 4.69) is 67.7 Å². The lowest BCUT2D eigenvalue weighted by molar-refractivity contribution is -0.128. The van der Waals surface area contributed by atoms with Gasteiger partial charge in [-0.3, -0.25) is 4.79 Å². The molecule has 0 spiro atoms. The second kappa shape index (κ2) is 8.53. The Bertz CT molecular complexity index is 709. The Kier molecular flexibility index (Phi) is 6.13. The summed E-state index contributed by atoms with van der Waals surface area (Å²) in [5, 5.41) is 3.24. The smallest absolute Gasteiger partial charge is 0.230 e. The van der Waals surface area contributed by atoms with E-state index < -0.39 is 0 Å². The Hall–Kier alpha value is -2.09. The van der Waals surface area contributed by atoms with Crippen molar-refractivity contribution in [3.63, 3.8) is 0 Å². The van der Waals surface area contributed by atoms with Gasteiger partial charge in [-0.15, -0.1) is 0 Å². The first-order valence-electron chi connectivity index (χ1n) is 10.1. The summed E-state index contributed by atoms with van der Waals surface area (Å²) in [6, 6.07) is 17.3. The monoisotopic (exact) mass is 349 g/mol. The second-order valence-corrected chi connectivity index (χ2v) is 7.68. The minimum atomic E-state index is -0.335. The van der Waals surface area contributed by atoms with E-state index in [-0.39, 0.29) is 11.3 Å². The van der Waals surface area contributed by atoms with Gasteiger partial charge < -0.3 is 5.32 Å². The summed E-state index contributed by atoms with van der Waals surface area (Å²) in [4.78, 5) is 13.2. The standard InChI is InChI=1S/C24H31NO/c1-3-20-9-11-21(12-10-20)15-18-25-23(26)24(16-5-4-6-17-24)22-13-7-19(2)8-14-22/h7-14H,3-6,15-18H2,1-2H3,(H,25,26). The first-order valence-corrected chi connectivity index (χ1v) is 10.1. The largest absolute Gasteiger partial charge is 0.355 e. The third kappa shape index (κ3) is 4.17. The molecule has 138 valence electrons. The van der Waals surface area contributed by atoms with Crippen molar-refractivity contribution in [3.05, 3.63) is 70.8 Å². The van der Waals surface area contributed by atoms with Gasteiger partial charge in [-0.1, -0.05) is 80.3 Å². The van der Waals surface area contributed by atoms with Crippen molar-refractivity contribution in [2.45, 2.75) is 64.2 Å². The minimum Gasteiger partial charge on any atom is -0.355 e. The highest BCUT2D eigenvalue weighted by atomic mass is 16.2. The topological polar surface area (TPSA) is 29.1 Å². The van der Waals surface area contributed by atoms with Gasteiger partial charge in [0, 0.05) is 6.54 Å². The summed E-state index contributed by atoms with van der Waals surface area (Å²) < 4.78 is 0. The van der Waals surface area contributed by atoms with Crippen LogP contribution in [-0.4, -0.2) is 12.5 Å². The number of benzene rings is 2. The van der Waals surface area contributed by atoms with Crippen LogP contribution in [0.15, 0.2) is 48.5 Å². The molecule has 0 saturated heterocycles. The lowest BCUT2D eigenvalue weighted by Crippen LogP contribution is -2.46. The third-order valence-corrected chi connectivity index (χ3v) is 5.88. The number of carbonyl (C=O) groups is 1. The van der Waals surface area contributed by atoms with Crippen LogP contribution in [0.5, 0.6) is 0 Å². The molecule has 1 N–H and O–H groups in total. The highest BCUT2D eigenvalue weighted by Crippen LogP contribution is 2.39. The summed E-state index contributed by atoms with van der Waals surface area (Å²) >= 11 is 0. The van der Waals surface area contributed by atoms with Crippen LogP contribution < -0.4 is 5.32 Å². The molecule has 1 fully saturated rings. The number of rotatable bonds is 6. The molecule has 0 aliphatic heterocycles. The van der Waals surface area contributed by atoms with Gasteiger partial charge in [0.1, 0.15) is 0 Å². The molecule has 2 heteroatoms. The number of nitrogens with one attached hydrogen (secondary N) is 1. The summed E-state index contributed by atoms with van der Waals surface area (Å²) in [5.41, 5.74) is 4.75. The molecule has 0 atom stereocenters. The van der Waals surface area contributed by atoms with Crippen molar-refractivity contribution in [2.75, 3.05) is 6.54 Å². The van der Waals surface area contributed by atoms with Gasteiger partial charge in [0.05, 0.1) is 5.41 Å². The summed E-state index contributed by atoms with van der Waals surface area (Å²) in [7, 11) is 0. The molecule has 1 saturated carbocycles. The van der Waals surface area contributed by atoms with Crippen LogP contribution in [0.2, 0.25) is 0 Å². The normalized spacial score (nSPS) is 16.2. The van der Waals surface area contributed by atoms with Crippen molar-refractivity contribution in [1.29, 1.82) is 0 Å². The van der Waals surface area contributed by atoms with E-state index in [4.69, 9.17) is 0 Å². The van der Waals surface area contributed by atoms with E-state index in [0.717, 1.165) is 38.5 Å². The number of hydrogen-bond acceptors (Lipinski definition) is 1. The van der Waals surface area contributed by atoms with E-state index in [1.54, 1.807) is 0 Å². The van der Waals surface area contributed by atoms with Crippen LogP contribution in [0.1, 0.15) is 61.3 Å². The predicted molar refractivity (Wildman–Crippen MR) is 108 cm³/mol. The van der Waals surface area contributed by atoms with Crippen LogP contribution >= 0.6 is 0 Å². The maximum absolute atomic E-state index is 13.2. The predicted octanol–water partition coefficient (Wildman–Crippen LogP) is 5.12. The maximum atomic E-state index is 13.2. The molecular weight excluding hydrogens is 318 g/mol. The zero-order chi connectivity index (χ0) is 18.4. The van der Waals surface area contributed by atoms with E-state index in [0.29, 0.717) is 6.54 Å². The molecular formula is C24H31NO. The van der Waals surface area contributed by atoms with Gasteiger partial charge in [0.25, 0.3) is 0 Å². The minimum absolute atomic E-state index is 0.214. The Morgan fingerprint density at radius 1 is 0.923 bits per heavy atom. The van der Waals surface area contributed by atoms with Crippen LogP contribution in [0.4, 0.5) is 0 Å². The second-order valence-electron chi connectivity index (χ2n) is 7.68. The van der Waals surface area contributed by atoms with E-state index in [1.165, 1.54) is 28.7 Å². The zero-order valence-electron chi connectivity index (χ0n) is 16.2. The first-order chi connectivity index (χ1) is 12.6. The van der Waals surface area contributed by atoms with Gasteiger partial charge in [-0.05, 0) is 49.3 Å². The molecule has 1 amide bonds. The van der Waals surface area contributed by atoms with Gasteiger partial charge >= 0.3 is 0 Å². The molecule has 0 radical (unpaired) electrons. The molecule has 0 heterocycles. The zero-order valence-corrected chi connectivity index (χ0v) is 16.2. The van der Waals surface area contributed by atoms with Crippen LogP contribution in [0.25, 0.3) is 0 Å². The van der Waals surface area contributed by atoms with Gasteiger partial charge in [0.2, 0.25) is 5.91 Å². The fourth-order valence-electron chi connectivity index (χ4n) is 4.11. The van der Waals surface area contributed by atoms with E-state index in [9.17, 15) is 4.79 Å². The number of amides is 1. The fraction of sp³-hybridized carbons (Fsp3) is 0.458. The first kappa shape index (κ1) is 18.7. The number of aryl methyl sites for hydroxylation is 2. The summed E-state index contributed by atoms with van der Waals surface area (Å²) in [5.74, 6) is 0.214. The van der Waals surface area contributed by atoms with Crippen molar-refractivity contribution < 1.29 is 4.79 Å². The van der Waals surface area contributed by atoms with Crippen molar-refractivity contribution >= 4 is 5.91 Å². The lowest BCUT2D eigenvalue weighted by atomic mass is 9.68. The maximum Gasteiger partial charge on any atom is 0.230 e. The molecule has 1 aliphatic rings. The lowest BCUT2D eigenvalue weighted by Gasteiger charge is -2.36. The number of carbonyl (C=O) groups excluding carboxylic acids is 1. The molecule has 0 aromatic heterocycles. The van der Waals surface area contributed by atoms with Crippen LogP contribution in [0.3, 0.4) is 0 Å². The summed E-state index contributed by atoms with van der Waals surface area (Å²) in [6.07, 6.45) is 7.40. The van der Waals surface area contributed by atoms with Gasteiger partial charge in [0.15, 0.2) is 0 Å². The Labute approximate surface area is 158 Å². The number of hydrogen-bond donors (Lipinski definition) is 1. The highest BCUT2D eigenvalue weighted by molar-refractivity contribution is 5.88. The quantitative estimate of drug-likeness (QED) is 0.770. The molecule has 2 aromatic rings. The Morgan fingerprint density at radius 3 is 2.15 bits per heavy atom. The molecule has 2 nitrogen and oxygen atoms in total. The Balaban J connectivity index is 1.66. The van der Waals surface area contributed by atoms with Crippen molar-refractivity contribution in [3.8, 4) is 0 Å². The molecule has 0 unspecified atom stereocenters.